The van der Waals surface area contributed by atoms with E-state index in [0.29, 0.717) is 0 Å². The van der Waals surface area contributed by atoms with Crippen molar-refractivity contribution in [3.63, 3.8) is 0 Å². The Hall–Kier alpha value is -1.95. The maximum Gasteiger partial charge on any atom is 0.198 e. The molecule has 4 nitrogen and oxygen atoms in total. The molecule has 0 aliphatic rings. The largest absolute Gasteiger partial charge is 0.448 e. The Morgan fingerprint density at radius 1 is 1.42 bits per heavy atom. The average molecular weight is 270 g/mol. The zero-order valence-electron chi connectivity index (χ0n) is 10.7. The maximum absolute atomic E-state index is 13.6. The van der Waals surface area contributed by atoms with E-state index < -0.39 is 24.0 Å². The molecule has 6 heteroatoms. The van der Waals surface area contributed by atoms with Gasteiger partial charge in [-0.2, -0.15) is 0 Å². The number of halogens is 2. The minimum absolute atomic E-state index is 0.00464. The fourth-order valence-corrected chi connectivity index (χ4v) is 1.24. The summed E-state index contributed by atoms with van der Waals surface area (Å²) in [7, 11) is 0. The number of aliphatic hydroxyl groups is 1. The molecule has 3 N–H and O–H groups in total. The molecule has 0 saturated heterocycles. The molecule has 1 rings (SSSR count). The van der Waals surface area contributed by atoms with Crippen LogP contribution in [0.3, 0.4) is 0 Å². The topological polar surface area (TPSA) is 67.8 Å². The second-order valence-electron chi connectivity index (χ2n) is 4.09. The van der Waals surface area contributed by atoms with E-state index in [2.05, 4.69) is 4.99 Å². The Morgan fingerprint density at radius 2 is 2.00 bits per heavy atom. The first-order valence-electron chi connectivity index (χ1n) is 5.69. The van der Waals surface area contributed by atoms with Crippen LogP contribution in [0.4, 0.5) is 8.78 Å². The number of hydrogen-bond acceptors (Lipinski definition) is 4. The van der Waals surface area contributed by atoms with Gasteiger partial charge >= 0.3 is 0 Å². The Kier molecular flexibility index (Phi) is 5.44. The molecule has 1 aromatic rings. The van der Waals surface area contributed by atoms with Crippen LogP contribution in [0.5, 0.6) is 5.75 Å². The van der Waals surface area contributed by atoms with Gasteiger partial charge in [0.2, 0.25) is 0 Å². The van der Waals surface area contributed by atoms with Crippen LogP contribution in [0.15, 0.2) is 29.1 Å². The lowest BCUT2D eigenvalue weighted by atomic mass is 10.2. The molecule has 0 aliphatic heterocycles. The van der Waals surface area contributed by atoms with Gasteiger partial charge in [0, 0.05) is 12.2 Å². The van der Waals surface area contributed by atoms with Crippen molar-refractivity contribution in [2.45, 2.75) is 26.5 Å². The van der Waals surface area contributed by atoms with E-state index in [1.807, 2.05) is 13.8 Å². The highest BCUT2D eigenvalue weighted by molar-refractivity contribution is 5.76. The van der Waals surface area contributed by atoms with Gasteiger partial charge in [-0.05, 0) is 31.5 Å². The van der Waals surface area contributed by atoms with Gasteiger partial charge in [0.15, 0.2) is 23.1 Å². The van der Waals surface area contributed by atoms with Gasteiger partial charge < -0.3 is 15.6 Å². The molecule has 104 valence electrons. The second kappa shape index (κ2) is 6.84. The zero-order chi connectivity index (χ0) is 14.4. The van der Waals surface area contributed by atoms with Crippen LogP contribution >= 0.6 is 0 Å². The molecule has 0 aromatic heterocycles. The van der Waals surface area contributed by atoms with Crippen molar-refractivity contribution >= 4 is 6.21 Å². The summed E-state index contributed by atoms with van der Waals surface area (Å²) in [6, 6.07) is 1.99. The minimum atomic E-state index is -0.915. The second-order valence-corrected chi connectivity index (χ2v) is 4.09. The molecule has 0 aliphatic carbocycles. The van der Waals surface area contributed by atoms with E-state index in [4.69, 9.17) is 15.6 Å². The molecule has 0 amide bonds. The quantitative estimate of drug-likeness (QED) is 0.636. The average Bonchev–Trinajstić information content (AvgIpc) is 2.36. The Morgan fingerprint density at radius 3 is 2.42 bits per heavy atom. The van der Waals surface area contributed by atoms with Gasteiger partial charge in [0.05, 0.1) is 12.8 Å². The number of hydrogen-bond donors (Lipinski definition) is 2. The van der Waals surface area contributed by atoms with Crippen molar-refractivity contribution in [1.29, 1.82) is 0 Å². The van der Waals surface area contributed by atoms with Crippen LogP contribution in [0.1, 0.15) is 19.4 Å². The van der Waals surface area contributed by atoms with Crippen LogP contribution in [0.2, 0.25) is 0 Å². The monoisotopic (exact) mass is 270 g/mol. The molecule has 0 fully saturated rings. The number of aliphatic imine (C=N–C) groups is 1. The van der Waals surface area contributed by atoms with E-state index in [0.717, 1.165) is 18.3 Å². The van der Waals surface area contributed by atoms with E-state index in [1.54, 1.807) is 0 Å². The van der Waals surface area contributed by atoms with Crippen molar-refractivity contribution in [2.75, 3.05) is 0 Å². The Bertz CT molecular complexity index is 476. The lowest BCUT2D eigenvalue weighted by Gasteiger charge is -2.09. The zero-order valence-corrected chi connectivity index (χ0v) is 10.7. The van der Waals surface area contributed by atoms with Crippen molar-refractivity contribution in [3.05, 3.63) is 41.3 Å². The Labute approximate surface area is 110 Å². The number of ether oxygens (including phenoxy) is 1. The van der Waals surface area contributed by atoms with E-state index in [1.165, 1.54) is 6.21 Å². The van der Waals surface area contributed by atoms with Gasteiger partial charge in [0.25, 0.3) is 0 Å². The molecular formula is C13H16F2N2O2. The highest BCUT2D eigenvalue weighted by atomic mass is 19.1. The predicted octanol–water partition coefficient (Wildman–Crippen LogP) is 2.12. The van der Waals surface area contributed by atoms with Gasteiger partial charge in [-0.3, -0.25) is 4.99 Å². The van der Waals surface area contributed by atoms with E-state index in [9.17, 15) is 8.78 Å². The highest BCUT2D eigenvalue weighted by Gasteiger charge is 2.14. The minimum Gasteiger partial charge on any atom is -0.448 e. The third-order valence-electron chi connectivity index (χ3n) is 2.12. The molecule has 0 saturated carbocycles. The first-order chi connectivity index (χ1) is 8.97. The number of aliphatic hydroxyl groups excluding tert-OH is 1. The third-order valence-corrected chi connectivity index (χ3v) is 2.12. The summed E-state index contributed by atoms with van der Waals surface area (Å²) in [6.07, 6.45) is 2.36. The van der Waals surface area contributed by atoms with Crippen LogP contribution in [-0.4, -0.2) is 17.4 Å². The molecule has 0 heterocycles. The highest BCUT2D eigenvalue weighted by Crippen LogP contribution is 2.24. The van der Waals surface area contributed by atoms with Crippen LogP contribution in [-0.2, 0) is 6.61 Å². The molecule has 0 spiro atoms. The number of nitrogens with zero attached hydrogens (tertiary/aromatic N) is 1. The Balaban J connectivity index is 2.98. The van der Waals surface area contributed by atoms with Gasteiger partial charge in [-0.1, -0.05) is 0 Å². The first kappa shape index (κ1) is 15.1. The van der Waals surface area contributed by atoms with Crippen LogP contribution in [0, 0.1) is 11.6 Å². The van der Waals surface area contributed by atoms with Gasteiger partial charge in [0.1, 0.15) is 0 Å². The lowest BCUT2D eigenvalue weighted by molar-refractivity contribution is 0.279. The third kappa shape index (κ3) is 4.33. The fourth-order valence-electron chi connectivity index (χ4n) is 1.24. The molecule has 0 unspecified atom stereocenters. The molecule has 0 atom stereocenters. The molecule has 19 heavy (non-hydrogen) atoms. The summed E-state index contributed by atoms with van der Waals surface area (Å²) in [6.45, 7) is 3.21. The summed E-state index contributed by atoms with van der Waals surface area (Å²) in [4.78, 5) is 4.00. The number of allylic oxidation sites excluding steroid dienone is 1. The van der Waals surface area contributed by atoms with E-state index >= 15 is 0 Å². The molecular weight excluding hydrogens is 254 g/mol. The van der Waals surface area contributed by atoms with Crippen molar-refractivity contribution in [1.82, 2.24) is 0 Å². The number of rotatable bonds is 5. The summed E-state index contributed by atoms with van der Waals surface area (Å²) in [5, 5.41) is 8.82. The summed E-state index contributed by atoms with van der Waals surface area (Å²) in [5.41, 5.74) is 5.42. The van der Waals surface area contributed by atoms with Gasteiger partial charge in [-0.25, -0.2) is 8.78 Å². The van der Waals surface area contributed by atoms with Crippen molar-refractivity contribution in [2.24, 2.45) is 10.7 Å². The molecule has 0 radical (unpaired) electrons. The summed E-state index contributed by atoms with van der Waals surface area (Å²) >= 11 is 0. The predicted molar refractivity (Wildman–Crippen MR) is 68.8 cm³/mol. The number of benzene rings is 1. The van der Waals surface area contributed by atoms with Crippen molar-refractivity contribution in [3.8, 4) is 5.75 Å². The lowest BCUT2D eigenvalue weighted by Crippen LogP contribution is -2.05. The first-order valence-corrected chi connectivity index (χ1v) is 5.69. The maximum atomic E-state index is 13.6. The molecule has 1 aromatic carbocycles. The smallest absolute Gasteiger partial charge is 0.198 e. The number of nitrogens with two attached hydrogens (primary N) is 1. The standard InChI is InChI=1S/C13H16F2N2O2/c1-8(2)17-6-10(5-16)19-13-11(14)3-9(7-18)4-12(13)15/h3-6,8,18H,7,16H2,1-2H3. The van der Waals surface area contributed by atoms with Crippen LogP contribution < -0.4 is 10.5 Å². The SMILES string of the molecule is CC(C)N=CC(=CN)Oc1c(F)cc(CO)cc1F. The molecule has 0 bridgehead atoms. The fraction of sp³-hybridized carbons (Fsp3) is 0.308. The van der Waals surface area contributed by atoms with E-state index in [-0.39, 0.29) is 17.4 Å². The van der Waals surface area contributed by atoms with Crippen LogP contribution in [0.25, 0.3) is 0 Å². The normalized spacial score (nSPS) is 12.4. The summed E-state index contributed by atoms with van der Waals surface area (Å²) in [5.74, 6) is -2.38. The van der Waals surface area contributed by atoms with Crippen molar-refractivity contribution < 1.29 is 18.6 Å². The summed E-state index contributed by atoms with van der Waals surface area (Å²) < 4.78 is 32.2. The van der Waals surface area contributed by atoms with Gasteiger partial charge in [-0.15, -0.1) is 0 Å².